The molecular formula is C13H13ClN4O. The highest BCUT2D eigenvalue weighted by atomic mass is 35.5. The predicted molar refractivity (Wildman–Crippen MR) is 73.5 cm³/mol. The summed E-state index contributed by atoms with van der Waals surface area (Å²) >= 11 is 5.93. The molecular weight excluding hydrogens is 264 g/mol. The second kappa shape index (κ2) is 5.01. The van der Waals surface area contributed by atoms with Crippen molar-refractivity contribution in [2.24, 2.45) is 0 Å². The minimum atomic E-state index is 0.668. The van der Waals surface area contributed by atoms with Gasteiger partial charge in [0.1, 0.15) is 0 Å². The van der Waals surface area contributed by atoms with Crippen molar-refractivity contribution in [1.82, 2.24) is 14.9 Å². The largest absolute Gasteiger partial charge is 0.342 e. The molecule has 0 bridgehead atoms. The van der Waals surface area contributed by atoms with Crippen molar-refractivity contribution >= 4 is 24.0 Å². The molecule has 0 aromatic heterocycles. The summed E-state index contributed by atoms with van der Waals surface area (Å²) in [5.74, 6) is 0.725. The van der Waals surface area contributed by atoms with Crippen molar-refractivity contribution < 1.29 is 4.79 Å². The number of carbonyl (C=O) groups excluding carboxylic acids is 1. The first-order valence-corrected chi connectivity index (χ1v) is 6.52. The van der Waals surface area contributed by atoms with E-state index in [4.69, 9.17) is 11.6 Å². The van der Waals surface area contributed by atoms with Gasteiger partial charge in [0.25, 0.3) is 0 Å². The minimum Gasteiger partial charge on any atom is -0.342 e. The lowest BCUT2D eigenvalue weighted by Crippen LogP contribution is -2.46. The number of aromatic nitrogens is 2. The number of imidazole rings is 1. The molecule has 0 aromatic carbocycles. The molecule has 0 radical (unpaired) electrons. The van der Waals surface area contributed by atoms with Crippen molar-refractivity contribution in [1.29, 1.82) is 0 Å². The van der Waals surface area contributed by atoms with Crippen LogP contribution in [0.4, 0.5) is 5.95 Å². The van der Waals surface area contributed by atoms with Crippen LogP contribution in [0.5, 0.6) is 0 Å². The molecule has 1 fully saturated rings. The van der Waals surface area contributed by atoms with Gasteiger partial charge in [-0.3, -0.25) is 4.79 Å². The standard InChI is InChI=1S/C13H13ClN4O/c14-10-1-3-11-12(4-2-10)16-13(15-11)18-7-5-17(9-19)6-8-18/h1-4,9H,5-8H2. The summed E-state index contributed by atoms with van der Waals surface area (Å²) in [5.41, 5.74) is 1.67. The zero-order valence-corrected chi connectivity index (χ0v) is 11.0. The van der Waals surface area contributed by atoms with Gasteiger partial charge in [-0.2, -0.15) is 0 Å². The van der Waals surface area contributed by atoms with Gasteiger partial charge in [-0.1, -0.05) is 11.6 Å². The zero-order valence-electron chi connectivity index (χ0n) is 10.3. The molecule has 0 aromatic rings. The van der Waals surface area contributed by atoms with Crippen LogP contribution in [0.15, 0.2) is 24.3 Å². The van der Waals surface area contributed by atoms with Gasteiger partial charge in [0.05, 0.1) is 11.4 Å². The highest BCUT2D eigenvalue weighted by Gasteiger charge is 2.20. The number of amides is 1. The molecule has 2 aliphatic heterocycles. The van der Waals surface area contributed by atoms with Crippen LogP contribution in [0, 0.1) is 0 Å². The highest BCUT2D eigenvalue weighted by Crippen LogP contribution is 2.24. The molecule has 98 valence electrons. The Morgan fingerprint density at radius 2 is 1.58 bits per heavy atom. The van der Waals surface area contributed by atoms with Crippen molar-refractivity contribution in [2.45, 2.75) is 0 Å². The molecule has 5 nitrogen and oxygen atoms in total. The normalized spacial score (nSPS) is 15.8. The average molecular weight is 277 g/mol. The topological polar surface area (TPSA) is 49.3 Å². The van der Waals surface area contributed by atoms with Crippen molar-refractivity contribution in [3.05, 3.63) is 29.3 Å². The number of anilines is 1. The van der Waals surface area contributed by atoms with E-state index in [1.165, 1.54) is 0 Å². The molecule has 2 heterocycles. The van der Waals surface area contributed by atoms with Crippen molar-refractivity contribution in [3.63, 3.8) is 0 Å². The van der Waals surface area contributed by atoms with Gasteiger partial charge in [0.15, 0.2) is 0 Å². The summed E-state index contributed by atoms with van der Waals surface area (Å²) in [6.07, 6.45) is 0.891. The Labute approximate surface area is 116 Å². The minimum absolute atomic E-state index is 0.668. The summed E-state index contributed by atoms with van der Waals surface area (Å²) in [7, 11) is 0. The molecule has 3 rings (SSSR count). The third-order valence-corrected chi connectivity index (χ3v) is 3.50. The Kier molecular flexibility index (Phi) is 3.21. The maximum atomic E-state index is 10.7. The van der Waals surface area contributed by atoms with E-state index < -0.39 is 0 Å². The van der Waals surface area contributed by atoms with Crippen LogP contribution in [0.3, 0.4) is 0 Å². The van der Waals surface area contributed by atoms with E-state index in [9.17, 15) is 4.79 Å². The quantitative estimate of drug-likeness (QED) is 0.780. The third-order valence-electron chi connectivity index (χ3n) is 3.25. The fourth-order valence-corrected chi connectivity index (χ4v) is 2.27. The van der Waals surface area contributed by atoms with E-state index in [-0.39, 0.29) is 0 Å². The van der Waals surface area contributed by atoms with E-state index in [0.717, 1.165) is 36.8 Å². The molecule has 0 atom stereocenters. The molecule has 19 heavy (non-hydrogen) atoms. The maximum Gasteiger partial charge on any atom is 0.226 e. The van der Waals surface area contributed by atoms with Crippen LogP contribution in [-0.4, -0.2) is 47.5 Å². The van der Waals surface area contributed by atoms with E-state index in [1.807, 2.05) is 24.3 Å². The zero-order chi connectivity index (χ0) is 13.2. The van der Waals surface area contributed by atoms with Crippen molar-refractivity contribution in [3.8, 4) is 11.4 Å². The van der Waals surface area contributed by atoms with E-state index >= 15 is 0 Å². The number of halogens is 1. The van der Waals surface area contributed by atoms with E-state index in [0.29, 0.717) is 18.1 Å². The summed E-state index contributed by atoms with van der Waals surface area (Å²) < 4.78 is 0. The Balaban J connectivity index is 1.85. The monoisotopic (exact) mass is 276 g/mol. The van der Waals surface area contributed by atoms with Crippen LogP contribution in [0.1, 0.15) is 0 Å². The van der Waals surface area contributed by atoms with Crippen molar-refractivity contribution in [2.75, 3.05) is 31.1 Å². The van der Waals surface area contributed by atoms with Gasteiger partial charge in [-0.05, 0) is 24.3 Å². The van der Waals surface area contributed by atoms with E-state index in [1.54, 1.807) is 4.90 Å². The first-order chi connectivity index (χ1) is 9.26. The van der Waals surface area contributed by atoms with Gasteiger partial charge in [0, 0.05) is 31.2 Å². The van der Waals surface area contributed by atoms with Gasteiger partial charge < -0.3 is 9.80 Å². The van der Waals surface area contributed by atoms with Crippen LogP contribution >= 0.6 is 11.6 Å². The Morgan fingerprint density at radius 3 is 2.11 bits per heavy atom. The second-order valence-corrected chi connectivity index (χ2v) is 4.91. The molecule has 6 heteroatoms. The Morgan fingerprint density at radius 1 is 1.00 bits per heavy atom. The summed E-state index contributed by atoms with van der Waals surface area (Å²) in [6, 6.07) is 7.37. The van der Waals surface area contributed by atoms with Gasteiger partial charge in [-0.25, -0.2) is 9.97 Å². The lowest BCUT2D eigenvalue weighted by Gasteiger charge is -2.31. The SMILES string of the molecule is O=CN1CCN(c2nc3ccc(Cl)ccc-3n2)CC1. The molecule has 1 amide bonds. The smallest absolute Gasteiger partial charge is 0.226 e. The first kappa shape index (κ1) is 12.2. The molecule has 1 saturated heterocycles. The Hall–Kier alpha value is -1.88. The molecule has 0 saturated carbocycles. The maximum absolute atomic E-state index is 10.7. The molecule has 0 spiro atoms. The number of nitrogens with zero attached hydrogens (tertiary/aromatic N) is 4. The highest BCUT2D eigenvalue weighted by molar-refractivity contribution is 6.30. The molecule has 3 aliphatic rings. The molecule has 0 N–H and O–H groups in total. The second-order valence-electron chi connectivity index (χ2n) is 4.47. The lowest BCUT2D eigenvalue weighted by atomic mass is 10.3. The Bertz CT molecular complexity index is 535. The molecule has 1 aliphatic carbocycles. The van der Waals surface area contributed by atoms with Gasteiger partial charge in [0.2, 0.25) is 12.4 Å². The lowest BCUT2D eigenvalue weighted by molar-refractivity contribution is -0.118. The third kappa shape index (κ3) is 2.46. The number of rotatable bonds is 2. The predicted octanol–water partition coefficient (Wildman–Crippen LogP) is 1.51. The van der Waals surface area contributed by atoms with Crippen LogP contribution in [0.2, 0.25) is 5.02 Å². The number of piperazine rings is 1. The van der Waals surface area contributed by atoms with Crippen LogP contribution < -0.4 is 4.90 Å². The number of fused-ring (bicyclic) bond motifs is 1. The van der Waals surface area contributed by atoms with Gasteiger partial charge >= 0.3 is 0 Å². The summed E-state index contributed by atoms with van der Waals surface area (Å²) in [5, 5.41) is 0.668. The summed E-state index contributed by atoms with van der Waals surface area (Å²) in [4.78, 5) is 23.6. The first-order valence-electron chi connectivity index (χ1n) is 6.14. The average Bonchev–Trinajstić information content (AvgIpc) is 2.78. The number of hydrogen-bond acceptors (Lipinski definition) is 4. The summed E-state index contributed by atoms with van der Waals surface area (Å²) in [6.45, 7) is 2.96. The fraction of sp³-hybridized carbons (Fsp3) is 0.308. The van der Waals surface area contributed by atoms with Crippen LogP contribution in [0.25, 0.3) is 11.4 Å². The molecule has 0 unspecified atom stereocenters. The van der Waals surface area contributed by atoms with Crippen LogP contribution in [-0.2, 0) is 4.79 Å². The van der Waals surface area contributed by atoms with Gasteiger partial charge in [-0.15, -0.1) is 0 Å². The fourth-order valence-electron chi connectivity index (χ4n) is 2.14. The number of hydrogen-bond donors (Lipinski definition) is 0. The van der Waals surface area contributed by atoms with E-state index in [2.05, 4.69) is 14.9 Å². The number of carbonyl (C=O) groups is 1.